The number of nitrogens with one attached hydrogen (secondary N) is 1. The van der Waals surface area contributed by atoms with Crippen LogP contribution in [0.2, 0.25) is 0 Å². The Bertz CT molecular complexity index is 782. The van der Waals surface area contributed by atoms with Crippen LogP contribution in [0.5, 0.6) is 0 Å². The molecule has 0 spiro atoms. The average Bonchev–Trinajstić information content (AvgIpc) is 2.72. The van der Waals surface area contributed by atoms with E-state index in [1.807, 2.05) is 0 Å². The summed E-state index contributed by atoms with van der Waals surface area (Å²) in [6.45, 7) is 3.39. The Hall–Kier alpha value is -2.35. The van der Waals surface area contributed by atoms with Gasteiger partial charge in [-0.2, -0.15) is 13.2 Å². The predicted molar refractivity (Wildman–Crippen MR) is 81.7 cm³/mol. The molecule has 0 atom stereocenters. The normalized spacial score (nSPS) is 11.3. The van der Waals surface area contributed by atoms with Gasteiger partial charge in [0.1, 0.15) is 5.00 Å². The second kappa shape index (κ2) is 6.04. The van der Waals surface area contributed by atoms with Crippen LogP contribution in [0.15, 0.2) is 24.3 Å². The zero-order valence-electron chi connectivity index (χ0n) is 12.2. The molecular weight excluding hydrogens is 329 g/mol. The summed E-state index contributed by atoms with van der Waals surface area (Å²) in [4.78, 5) is 24.5. The number of anilines is 1. The number of benzene rings is 1. The van der Waals surface area contributed by atoms with E-state index in [1.54, 1.807) is 13.8 Å². The van der Waals surface area contributed by atoms with Gasteiger partial charge in [-0.1, -0.05) is 12.1 Å². The first-order valence-electron chi connectivity index (χ1n) is 6.50. The molecule has 3 N–H and O–H groups in total. The second-order valence-electron chi connectivity index (χ2n) is 4.85. The van der Waals surface area contributed by atoms with Gasteiger partial charge in [0.25, 0.3) is 11.8 Å². The summed E-state index contributed by atoms with van der Waals surface area (Å²) in [6, 6.07) is 4.45. The molecule has 1 aromatic heterocycles. The molecule has 0 fully saturated rings. The van der Waals surface area contributed by atoms with Gasteiger partial charge in [0.15, 0.2) is 0 Å². The minimum Gasteiger partial charge on any atom is -0.365 e. The van der Waals surface area contributed by atoms with Crippen LogP contribution in [-0.2, 0) is 6.18 Å². The van der Waals surface area contributed by atoms with Crippen molar-refractivity contribution in [2.45, 2.75) is 20.0 Å². The van der Waals surface area contributed by atoms with Crippen LogP contribution in [0.4, 0.5) is 18.2 Å². The number of carbonyl (C=O) groups excluding carboxylic acids is 2. The van der Waals surface area contributed by atoms with Crippen LogP contribution in [0, 0.1) is 13.8 Å². The van der Waals surface area contributed by atoms with E-state index in [9.17, 15) is 22.8 Å². The van der Waals surface area contributed by atoms with Gasteiger partial charge in [0, 0.05) is 4.88 Å². The molecule has 0 radical (unpaired) electrons. The van der Waals surface area contributed by atoms with E-state index in [0.29, 0.717) is 5.56 Å². The summed E-state index contributed by atoms with van der Waals surface area (Å²) in [5.41, 5.74) is 4.44. The molecule has 0 saturated heterocycles. The molecule has 8 heteroatoms. The SMILES string of the molecule is Cc1sc(NC(=O)c2ccccc2C(F)(F)F)c(C(N)=O)c1C. The van der Waals surface area contributed by atoms with Crippen LogP contribution in [0.25, 0.3) is 0 Å². The fourth-order valence-corrected chi connectivity index (χ4v) is 3.17. The third-order valence-electron chi connectivity index (χ3n) is 3.34. The Morgan fingerprint density at radius 3 is 2.35 bits per heavy atom. The van der Waals surface area contributed by atoms with Gasteiger partial charge in [-0.3, -0.25) is 9.59 Å². The minimum atomic E-state index is -4.65. The first kappa shape index (κ1) is 17.0. The monoisotopic (exact) mass is 342 g/mol. The number of rotatable bonds is 3. The molecule has 23 heavy (non-hydrogen) atoms. The number of primary amides is 1. The van der Waals surface area contributed by atoms with Gasteiger partial charge in [0.2, 0.25) is 0 Å². The van der Waals surface area contributed by atoms with Crippen molar-refractivity contribution in [3.63, 3.8) is 0 Å². The van der Waals surface area contributed by atoms with Gasteiger partial charge in [-0.05, 0) is 31.5 Å². The molecule has 0 aliphatic rings. The van der Waals surface area contributed by atoms with E-state index >= 15 is 0 Å². The lowest BCUT2D eigenvalue weighted by molar-refractivity contribution is -0.137. The highest BCUT2D eigenvalue weighted by Crippen LogP contribution is 2.35. The van der Waals surface area contributed by atoms with Crippen molar-refractivity contribution in [3.8, 4) is 0 Å². The maximum atomic E-state index is 13.0. The Balaban J connectivity index is 2.42. The first-order valence-corrected chi connectivity index (χ1v) is 7.32. The number of thiophene rings is 1. The molecule has 1 heterocycles. The number of halogens is 3. The zero-order chi connectivity index (χ0) is 17.4. The second-order valence-corrected chi connectivity index (χ2v) is 6.07. The molecule has 1 aromatic carbocycles. The van der Waals surface area contributed by atoms with Crippen LogP contribution in [-0.4, -0.2) is 11.8 Å². The Morgan fingerprint density at radius 1 is 1.17 bits per heavy atom. The quantitative estimate of drug-likeness (QED) is 0.892. The lowest BCUT2D eigenvalue weighted by Crippen LogP contribution is -2.20. The first-order chi connectivity index (χ1) is 10.6. The van der Waals surface area contributed by atoms with E-state index in [1.165, 1.54) is 12.1 Å². The van der Waals surface area contributed by atoms with Gasteiger partial charge in [-0.25, -0.2) is 0 Å². The lowest BCUT2D eigenvalue weighted by Gasteiger charge is -2.12. The molecule has 2 amide bonds. The topological polar surface area (TPSA) is 72.2 Å². The molecular formula is C15H13F3N2O2S. The molecule has 2 rings (SSSR count). The smallest absolute Gasteiger partial charge is 0.365 e. The Kier molecular flexibility index (Phi) is 4.46. The van der Waals surface area contributed by atoms with Crippen molar-refractivity contribution < 1.29 is 22.8 Å². The van der Waals surface area contributed by atoms with Crippen molar-refractivity contribution in [2.24, 2.45) is 5.73 Å². The van der Waals surface area contributed by atoms with Crippen LogP contribution >= 0.6 is 11.3 Å². The fourth-order valence-electron chi connectivity index (χ4n) is 2.11. The summed E-state index contributed by atoms with van der Waals surface area (Å²) in [7, 11) is 0. The van der Waals surface area contributed by atoms with Crippen LogP contribution in [0.3, 0.4) is 0 Å². The summed E-state index contributed by atoms with van der Waals surface area (Å²) in [6.07, 6.45) is -4.65. The summed E-state index contributed by atoms with van der Waals surface area (Å²) in [5.74, 6) is -1.69. The van der Waals surface area contributed by atoms with Crippen molar-refractivity contribution in [1.29, 1.82) is 0 Å². The standard InChI is InChI=1S/C15H13F3N2O2S/c1-7-8(2)23-14(11(7)12(19)21)20-13(22)9-5-3-4-6-10(9)15(16,17)18/h3-6H,1-2H3,(H2,19,21)(H,20,22). The Labute approximate surface area is 134 Å². The third-order valence-corrected chi connectivity index (χ3v) is 4.46. The number of alkyl halides is 3. The molecule has 0 aliphatic heterocycles. The number of hydrogen-bond acceptors (Lipinski definition) is 3. The highest BCUT2D eigenvalue weighted by molar-refractivity contribution is 7.16. The Morgan fingerprint density at radius 2 is 1.78 bits per heavy atom. The highest BCUT2D eigenvalue weighted by atomic mass is 32.1. The summed E-state index contributed by atoms with van der Waals surface area (Å²) < 4.78 is 38.9. The van der Waals surface area contributed by atoms with E-state index < -0.39 is 29.1 Å². The lowest BCUT2D eigenvalue weighted by atomic mass is 10.1. The van der Waals surface area contributed by atoms with Crippen molar-refractivity contribution >= 4 is 28.2 Å². The zero-order valence-corrected chi connectivity index (χ0v) is 13.1. The molecule has 0 bridgehead atoms. The predicted octanol–water partition coefficient (Wildman–Crippen LogP) is 3.73. The fraction of sp³-hybridized carbons (Fsp3) is 0.200. The number of carbonyl (C=O) groups is 2. The van der Waals surface area contributed by atoms with Crippen molar-refractivity contribution in [1.82, 2.24) is 0 Å². The van der Waals surface area contributed by atoms with E-state index in [0.717, 1.165) is 28.3 Å². The van der Waals surface area contributed by atoms with Gasteiger partial charge >= 0.3 is 6.18 Å². The molecule has 4 nitrogen and oxygen atoms in total. The molecule has 0 unspecified atom stereocenters. The van der Waals surface area contributed by atoms with Gasteiger partial charge < -0.3 is 11.1 Å². The maximum Gasteiger partial charge on any atom is 0.417 e. The number of nitrogens with two attached hydrogens (primary N) is 1. The average molecular weight is 342 g/mol. The van der Waals surface area contributed by atoms with Gasteiger partial charge in [-0.15, -0.1) is 11.3 Å². The van der Waals surface area contributed by atoms with Crippen LogP contribution in [0.1, 0.15) is 36.7 Å². The van der Waals surface area contributed by atoms with Crippen molar-refractivity contribution in [3.05, 3.63) is 51.4 Å². The molecule has 0 saturated carbocycles. The van der Waals surface area contributed by atoms with Crippen molar-refractivity contribution in [2.75, 3.05) is 5.32 Å². The number of amides is 2. The number of aryl methyl sites for hydroxylation is 1. The minimum absolute atomic E-state index is 0.116. The largest absolute Gasteiger partial charge is 0.417 e. The summed E-state index contributed by atoms with van der Waals surface area (Å²) >= 11 is 1.09. The van der Waals surface area contributed by atoms with Crippen LogP contribution < -0.4 is 11.1 Å². The molecule has 2 aromatic rings. The highest BCUT2D eigenvalue weighted by Gasteiger charge is 2.35. The maximum absolute atomic E-state index is 13.0. The van der Waals surface area contributed by atoms with E-state index in [-0.39, 0.29) is 10.6 Å². The molecule has 0 aliphatic carbocycles. The number of hydrogen-bond donors (Lipinski definition) is 2. The van der Waals surface area contributed by atoms with Gasteiger partial charge in [0.05, 0.1) is 16.7 Å². The van der Waals surface area contributed by atoms with E-state index in [2.05, 4.69) is 5.32 Å². The molecule has 122 valence electrons. The third kappa shape index (κ3) is 3.37. The van der Waals surface area contributed by atoms with E-state index in [4.69, 9.17) is 5.73 Å². The summed E-state index contributed by atoms with van der Waals surface area (Å²) in [5, 5.41) is 2.51.